The van der Waals surface area contributed by atoms with Crippen LogP contribution < -0.4 is 0 Å². The third-order valence-electron chi connectivity index (χ3n) is 4.18. The van der Waals surface area contributed by atoms with Crippen molar-refractivity contribution in [3.8, 4) is 0 Å². The van der Waals surface area contributed by atoms with Gasteiger partial charge in [-0.15, -0.1) is 0 Å². The molecule has 1 rings (SSSR count). The molecule has 1 aliphatic heterocycles. The molecule has 0 unspecified atom stereocenters. The molecule has 0 radical (unpaired) electrons. The van der Waals surface area contributed by atoms with Gasteiger partial charge >= 0.3 is 7.12 Å². The lowest BCUT2D eigenvalue weighted by atomic mass is 9.77. The van der Waals surface area contributed by atoms with Gasteiger partial charge in [0.25, 0.3) is 0 Å². The molecule has 0 amide bonds. The summed E-state index contributed by atoms with van der Waals surface area (Å²) >= 11 is 0. The highest BCUT2D eigenvalue weighted by atomic mass is 16.7. The van der Waals surface area contributed by atoms with E-state index in [-0.39, 0.29) is 18.3 Å². The van der Waals surface area contributed by atoms with E-state index in [2.05, 4.69) is 13.5 Å². The minimum atomic E-state index is -0.378. The van der Waals surface area contributed by atoms with Crippen LogP contribution in [0.15, 0.2) is 24.2 Å². The SMILES string of the molecule is C=C/C(=C\CC(=N)CCCC)B1OC(C)(C)C(C)(C)O1. The van der Waals surface area contributed by atoms with Gasteiger partial charge in [0.2, 0.25) is 0 Å². The molecule has 1 aliphatic rings. The molecule has 0 atom stereocenters. The molecule has 1 fully saturated rings. The quantitative estimate of drug-likeness (QED) is 0.427. The number of rotatable bonds is 7. The van der Waals surface area contributed by atoms with Gasteiger partial charge in [-0.2, -0.15) is 0 Å². The van der Waals surface area contributed by atoms with Crippen molar-refractivity contribution < 1.29 is 9.31 Å². The monoisotopic (exact) mass is 277 g/mol. The van der Waals surface area contributed by atoms with E-state index < -0.39 is 0 Å². The lowest BCUT2D eigenvalue weighted by Crippen LogP contribution is -2.41. The summed E-state index contributed by atoms with van der Waals surface area (Å²) in [4.78, 5) is 0. The van der Waals surface area contributed by atoms with Gasteiger partial charge in [-0.25, -0.2) is 0 Å². The lowest BCUT2D eigenvalue weighted by Gasteiger charge is -2.32. The van der Waals surface area contributed by atoms with Gasteiger partial charge in [0.15, 0.2) is 0 Å². The van der Waals surface area contributed by atoms with E-state index in [1.54, 1.807) is 6.08 Å². The molecule has 0 aromatic rings. The smallest absolute Gasteiger partial charge is 0.399 e. The van der Waals surface area contributed by atoms with E-state index in [4.69, 9.17) is 14.7 Å². The van der Waals surface area contributed by atoms with Crippen molar-refractivity contribution in [2.75, 3.05) is 0 Å². The zero-order valence-corrected chi connectivity index (χ0v) is 13.6. The molecule has 0 saturated carbocycles. The van der Waals surface area contributed by atoms with Crippen molar-refractivity contribution in [1.29, 1.82) is 5.41 Å². The van der Waals surface area contributed by atoms with Crippen LogP contribution in [0.5, 0.6) is 0 Å². The average Bonchev–Trinajstić information content (AvgIpc) is 2.56. The summed E-state index contributed by atoms with van der Waals surface area (Å²) < 4.78 is 12.0. The molecular formula is C16H28BNO2. The minimum absolute atomic E-state index is 0.338. The molecule has 4 heteroatoms. The Hall–Kier alpha value is -0.865. The average molecular weight is 277 g/mol. The maximum atomic E-state index is 7.93. The topological polar surface area (TPSA) is 42.3 Å². The van der Waals surface area contributed by atoms with Crippen molar-refractivity contribution >= 4 is 12.8 Å². The van der Waals surface area contributed by atoms with Gasteiger partial charge < -0.3 is 14.7 Å². The van der Waals surface area contributed by atoms with Crippen LogP contribution in [-0.4, -0.2) is 24.0 Å². The summed E-state index contributed by atoms with van der Waals surface area (Å²) in [6.07, 6.45) is 7.48. The van der Waals surface area contributed by atoms with Gasteiger partial charge in [0.1, 0.15) is 0 Å². The second-order valence-electron chi connectivity index (χ2n) is 6.41. The van der Waals surface area contributed by atoms with Crippen LogP contribution in [-0.2, 0) is 9.31 Å². The van der Waals surface area contributed by atoms with Crippen LogP contribution in [0, 0.1) is 5.41 Å². The number of nitrogens with one attached hydrogen (secondary N) is 1. The van der Waals surface area contributed by atoms with Crippen molar-refractivity contribution in [2.24, 2.45) is 0 Å². The summed E-state index contributed by atoms with van der Waals surface area (Å²) in [6, 6.07) is 0. The fourth-order valence-electron chi connectivity index (χ4n) is 1.99. The van der Waals surface area contributed by atoms with Crippen LogP contribution in [0.2, 0.25) is 0 Å². The van der Waals surface area contributed by atoms with E-state index >= 15 is 0 Å². The van der Waals surface area contributed by atoms with E-state index in [0.717, 1.165) is 30.4 Å². The first kappa shape index (κ1) is 17.2. The van der Waals surface area contributed by atoms with Gasteiger partial charge in [-0.3, -0.25) is 0 Å². The van der Waals surface area contributed by atoms with Gasteiger partial charge in [0, 0.05) is 12.1 Å². The number of unbranched alkanes of at least 4 members (excludes halogenated alkanes) is 1. The second-order valence-corrected chi connectivity index (χ2v) is 6.41. The van der Waals surface area contributed by atoms with E-state index in [1.165, 1.54) is 0 Å². The highest BCUT2D eigenvalue weighted by molar-refractivity contribution is 6.55. The van der Waals surface area contributed by atoms with Crippen molar-refractivity contribution in [2.45, 2.75) is 71.5 Å². The predicted octanol–water partition coefficient (Wildman–Crippen LogP) is 4.33. The second kappa shape index (κ2) is 6.73. The number of hydrogen-bond donors (Lipinski definition) is 1. The highest BCUT2D eigenvalue weighted by Crippen LogP contribution is 2.38. The van der Waals surface area contributed by atoms with Crippen molar-refractivity contribution in [3.05, 3.63) is 24.2 Å². The molecule has 112 valence electrons. The molecule has 3 nitrogen and oxygen atoms in total. The molecule has 0 aromatic heterocycles. The Morgan fingerprint density at radius 1 is 1.20 bits per heavy atom. The third-order valence-corrected chi connectivity index (χ3v) is 4.18. The van der Waals surface area contributed by atoms with Crippen LogP contribution in [0.3, 0.4) is 0 Å². The molecular weight excluding hydrogens is 249 g/mol. The first-order valence-corrected chi connectivity index (χ1v) is 7.48. The van der Waals surface area contributed by atoms with Gasteiger partial charge in [-0.1, -0.05) is 32.1 Å². The van der Waals surface area contributed by atoms with Crippen LogP contribution >= 0.6 is 0 Å². The summed E-state index contributed by atoms with van der Waals surface area (Å²) in [5.74, 6) is 0. The Labute approximate surface area is 124 Å². The molecule has 20 heavy (non-hydrogen) atoms. The summed E-state index contributed by atoms with van der Waals surface area (Å²) in [5, 5.41) is 7.93. The zero-order chi connectivity index (χ0) is 15.4. The standard InChI is InChI=1S/C16H28BNO2/c1-7-9-10-14(18)12-11-13(8-2)17-19-15(3,4)16(5,6)20-17/h8,11,18H,2,7,9-10,12H2,1,3-6H3/b13-11+,18-14?. The summed E-state index contributed by atoms with van der Waals surface area (Å²) in [6.45, 7) is 14.1. The Morgan fingerprint density at radius 2 is 1.75 bits per heavy atom. The Morgan fingerprint density at radius 3 is 2.20 bits per heavy atom. The fraction of sp³-hybridized carbons (Fsp3) is 0.688. The molecule has 1 saturated heterocycles. The first-order chi connectivity index (χ1) is 9.23. The van der Waals surface area contributed by atoms with E-state index in [9.17, 15) is 0 Å². The third kappa shape index (κ3) is 4.06. The number of hydrogen-bond acceptors (Lipinski definition) is 3. The van der Waals surface area contributed by atoms with E-state index in [0.29, 0.717) is 6.42 Å². The molecule has 1 heterocycles. The highest BCUT2D eigenvalue weighted by Gasteiger charge is 2.51. The summed E-state index contributed by atoms with van der Waals surface area (Å²) in [5.41, 5.74) is 0.998. The maximum Gasteiger partial charge on any atom is 0.494 e. The maximum absolute atomic E-state index is 7.93. The lowest BCUT2D eigenvalue weighted by molar-refractivity contribution is 0.00578. The van der Waals surface area contributed by atoms with Crippen LogP contribution in [0.4, 0.5) is 0 Å². The van der Waals surface area contributed by atoms with Gasteiger partial charge in [-0.05, 0) is 46.0 Å². The summed E-state index contributed by atoms with van der Waals surface area (Å²) in [7, 11) is -0.378. The largest absolute Gasteiger partial charge is 0.494 e. The van der Waals surface area contributed by atoms with Gasteiger partial charge in [0.05, 0.1) is 11.2 Å². The van der Waals surface area contributed by atoms with Crippen molar-refractivity contribution in [1.82, 2.24) is 0 Å². The predicted molar refractivity (Wildman–Crippen MR) is 86.2 cm³/mol. The van der Waals surface area contributed by atoms with Crippen LogP contribution in [0.1, 0.15) is 60.3 Å². The van der Waals surface area contributed by atoms with Crippen molar-refractivity contribution in [3.63, 3.8) is 0 Å². The van der Waals surface area contributed by atoms with E-state index in [1.807, 2.05) is 33.8 Å². The molecule has 0 spiro atoms. The molecule has 0 aliphatic carbocycles. The normalized spacial score (nSPS) is 21.1. The Balaban J connectivity index is 2.68. The first-order valence-electron chi connectivity index (χ1n) is 7.48. The minimum Gasteiger partial charge on any atom is -0.399 e. The van der Waals surface area contributed by atoms with Crippen LogP contribution in [0.25, 0.3) is 0 Å². The molecule has 1 N–H and O–H groups in total. The fourth-order valence-corrected chi connectivity index (χ4v) is 1.99. The zero-order valence-electron chi connectivity index (χ0n) is 13.6. The molecule has 0 aromatic carbocycles. The Bertz CT molecular complexity index is 383. The molecule has 0 bridgehead atoms. The number of allylic oxidation sites excluding steroid dienone is 3. The Kier molecular flexibility index (Phi) is 5.78.